The van der Waals surface area contributed by atoms with Crippen LogP contribution in [0, 0.1) is 0 Å². The van der Waals surface area contributed by atoms with Crippen molar-refractivity contribution in [1.29, 1.82) is 0 Å². The second-order valence-electron chi connectivity index (χ2n) is 5.96. The summed E-state index contributed by atoms with van der Waals surface area (Å²) in [6.45, 7) is 0.457. The van der Waals surface area contributed by atoms with Crippen LogP contribution in [-0.2, 0) is 17.6 Å². The molecule has 4 N–H and O–H groups in total. The van der Waals surface area contributed by atoms with Crippen LogP contribution in [0.3, 0.4) is 0 Å². The number of hydrogen-bond donors (Lipinski definition) is 3. The molecule has 0 radical (unpaired) electrons. The highest BCUT2D eigenvalue weighted by atomic mass is 16.3. The number of aromatic nitrogens is 2. The molecular formula is C14H20N4O3. The lowest BCUT2D eigenvalue weighted by molar-refractivity contribution is -0.140. The van der Waals surface area contributed by atoms with E-state index in [9.17, 15) is 14.7 Å². The number of aliphatic hydroxyl groups is 1. The van der Waals surface area contributed by atoms with Crippen molar-refractivity contribution in [3.05, 3.63) is 17.0 Å². The normalized spacial score (nSPS) is 25.5. The van der Waals surface area contributed by atoms with E-state index in [0.717, 1.165) is 36.9 Å². The molecule has 21 heavy (non-hydrogen) atoms. The van der Waals surface area contributed by atoms with Gasteiger partial charge in [-0.25, -0.2) is 0 Å². The molecule has 2 heterocycles. The number of aromatic amines is 1. The molecule has 1 aliphatic carbocycles. The van der Waals surface area contributed by atoms with E-state index in [1.807, 2.05) is 0 Å². The predicted molar refractivity (Wildman–Crippen MR) is 74.5 cm³/mol. The van der Waals surface area contributed by atoms with Crippen LogP contribution in [0.15, 0.2) is 0 Å². The SMILES string of the molecule is NC(=O)C1(O)CCCN(C(=O)c2n[nH]c3c2CCCC3)C1. The van der Waals surface area contributed by atoms with Gasteiger partial charge in [-0.1, -0.05) is 0 Å². The summed E-state index contributed by atoms with van der Waals surface area (Å²) < 4.78 is 0. The topological polar surface area (TPSA) is 112 Å². The van der Waals surface area contributed by atoms with Crippen molar-refractivity contribution in [2.45, 2.75) is 44.1 Å². The molecule has 3 rings (SSSR count). The number of H-pyrrole nitrogens is 1. The standard InChI is InChI=1S/C14H20N4O3/c15-13(20)14(21)6-3-7-18(8-14)12(19)11-9-4-1-2-5-10(9)16-17-11/h21H,1-8H2,(H2,15,20)(H,16,17). The highest BCUT2D eigenvalue weighted by Crippen LogP contribution is 2.26. The number of likely N-dealkylation sites (tertiary alicyclic amines) is 1. The number of hydrogen-bond acceptors (Lipinski definition) is 4. The second kappa shape index (κ2) is 5.14. The second-order valence-corrected chi connectivity index (χ2v) is 5.96. The first-order valence-electron chi connectivity index (χ1n) is 7.39. The monoisotopic (exact) mass is 292 g/mol. The van der Waals surface area contributed by atoms with Crippen LogP contribution in [0.4, 0.5) is 0 Å². The zero-order chi connectivity index (χ0) is 15.0. The molecule has 1 aliphatic heterocycles. The van der Waals surface area contributed by atoms with Crippen LogP contribution < -0.4 is 5.73 Å². The third-order valence-electron chi connectivity index (χ3n) is 4.48. The van der Waals surface area contributed by atoms with E-state index in [1.165, 1.54) is 4.90 Å². The Balaban J connectivity index is 1.82. The van der Waals surface area contributed by atoms with Crippen LogP contribution in [-0.4, -0.2) is 50.7 Å². The zero-order valence-electron chi connectivity index (χ0n) is 11.9. The summed E-state index contributed by atoms with van der Waals surface area (Å²) in [7, 11) is 0. The molecule has 2 amide bonds. The van der Waals surface area contributed by atoms with Crippen LogP contribution in [0.1, 0.15) is 47.4 Å². The van der Waals surface area contributed by atoms with Crippen molar-refractivity contribution in [2.24, 2.45) is 5.73 Å². The van der Waals surface area contributed by atoms with E-state index in [2.05, 4.69) is 10.2 Å². The maximum atomic E-state index is 12.6. The number of piperidine rings is 1. The number of rotatable bonds is 2. The largest absolute Gasteiger partial charge is 0.378 e. The molecule has 1 aromatic heterocycles. The number of fused-ring (bicyclic) bond motifs is 1. The van der Waals surface area contributed by atoms with Crippen LogP contribution in [0.2, 0.25) is 0 Å². The highest BCUT2D eigenvalue weighted by molar-refractivity contribution is 5.95. The summed E-state index contributed by atoms with van der Waals surface area (Å²) in [6.07, 6.45) is 4.77. The average molecular weight is 292 g/mol. The summed E-state index contributed by atoms with van der Waals surface area (Å²) in [5.41, 5.74) is 6.07. The van der Waals surface area contributed by atoms with Crippen molar-refractivity contribution >= 4 is 11.8 Å². The van der Waals surface area contributed by atoms with Gasteiger partial charge in [-0.3, -0.25) is 14.7 Å². The Hall–Kier alpha value is -1.89. The summed E-state index contributed by atoms with van der Waals surface area (Å²) in [6, 6.07) is 0. The van der Waals surface area contributed by atoms with Crippen LogP contribution >= 0.6 is 0 Å². The number of β-amino-alcohol motifs (C(OH)–C–C–N with tert-alkyl or cyclic N) is 1. The Morgan fingerprint density at radius 1 is 1.29 bits per heavy atom. The zero-order valence-corrected chi connectivity index (χ0v) is 11.9. The molecule has 1 aromatic rings. The van der Waals surface area contributed by atoms with Gasteiger partial charge in [0.2, 0.25) is 0 Å². The first-order chi connectivity index (χ1) is 10.0. The van der Waals surface area contributed by atoms with Gasteiger partial charge in [0, 0.05) is 17.8 Å². The van der Waals surface area contributed by atoms with Crippen molar-refractivity contribution in [3.8, 4) is 0 Å². The molecular weight excluding hydrogens is 272 g/mol. The Bertz CT molecular complexity index is 583. The molecule has 7 nitrogen and oxygen atoms in total. The fourth-order valence-corrected chi connectivity index (χ4v) is 3.22. The van der Waals surface area contributed by atoms with E-state index >= 15 is 0 Å². The van der Waals surface area contributed by atoms with E-state index in [1.54, 1.807) is 0 Å². The molecule has 0 spiro atoms. The van der Waals surface area contributed by atoms with Gasteiger partial charge in [0.05, 0.1) is 6.54 Å². The summed E-state index contributed by atoms with van der Waals surface area (Å²) in [5, 5.41) is 17.3. The van der Waals surface area contributed by atoms with Gasteiger partial charge in [-0.15, -0.1) is 0 Å². The maximum Gasteiger partial charge on any atom is 0.274 e. The van der Waals surface area contributed by atoms with Crippen molar-refractivity contribution in [3.63, 3.8) is 0 Å². The third-order valence-corrected chi connectivity index (χ3v) is 4.48. The van der Waals surface area contributed by atoms with Gasteiger partial charge in [0.1, 0.15) is 0 Å². The smallest absolute Gasteiger partial charge is 0.274 e. The van der Waals surface area contributed by atoms with E-state index in [-0.39, 0.29) is 12.5 Å². The average Bonchev–Trinajstić information content (AvgIpc) is 2.90. The van der Waals surface area contributed by atoms with E-state index in [4.69, 9.17) is 5.73 Å². The summed E-state index contributed by atoms with van der Waals surface area (Å²) in [5.74, 6) is -1.00. The third kappa shape index (κ3) is 2.42. The molecule has 0 aromatic carbocycles. The molecule has 1 saturated heterocycles. The number of amides is 2. The number of nitrogens with one attached hydrogen (secondary N) is 1. The minimum absolute atomic E-state index is 0.0528. The molecule has 1 unspecified atom stereocenters. The molecule has 1 atom stereocenters. The Kier molecular flexibility index (Phi) is 3.44. The molecule has 1 fully saturated rings. The molecule has 0 bridgehead atoms. The van der Waals surface area contributed by atoms with Gasteiger partial charge in [0.25, 0.3) is 11.8 Å². The number of primary amides is 1. The van der Waals surface area contributed by atoms with Gasteiger partial charge >= 0.3 is 0 Å². The Morgan fingerprint density at radius 3 is 2.81 bits per heavy atom. The number of nitrogens with zero attached hydrogens (tertiary/aromatic N) is 2. The van der Waals surface area contributed by atoms with Gasteiger partial charge in [-0.05, 0) is 38.5 Å². The molecule has 0 saturated carbocycles. The fraction of sp³-hybridized carbons (Fsp3) is 0.643. The first-order valence-corrected chi connectivity index (χ1v) is 7.39. The summed E-state index contributed by atoms with van der Waals surface area (Å²) in [4.78, 5) is 25.5. The van der Waals surface area contributed by atoms with Gasteiger partial charge < -0.3 is 15.7 Å². The first kappa shape index (κ1) is 14.1. The number of carbonyl (C=O) groups excluding carboxylic acids is 2. The van der Waals surface area contributed by atoms with Crippen molar-refractivity contribution < 1.29 is 14.7 Å². The van der Waals surface area contributed by atoms with Crippen LogP contribution in [0.25, 0.3) is 0 Å². The minimum atomic E-state index is -1.62. The van der Waals surface area contributed by atoms with Gasteiger partial charge in [-0.2, -0.15) is 5.10 Å². The minimum Gasteiger partial charge on any atom is -0.378 e. The van der Waals surface area contributed by atoms with Crippen molar-refractivity contribution in [1.82, 2.24) is 15.1 Å². The predicted octanol–water partition coefficient (Wildman–Crippen LogP) is -0.259. The van der Waals surface area contributed by atoms with E-state index in [0.29, 0.717) is 25.1 Å². The summed E-state index contributed by atoms with van der Waals surface area (Å²) >= 11 is 0. The lowest BCUT2D eigenvalue weighted by atomic mass is 9.91. The molecule has 7 heteroatoms. The molecule has 114 valence electrons. The Morgan fingerprint density at radius 2 is 2.05 bits per heavy atom. The van der Waals surface area contributed by atoms with Crippen LogP contribution in [0.5, 0.6) is 0 Å². The maximum absolute atomic E-state index is 12.6. The number of carbonyl (C=O) groups is 2. The lowest BCUT2D eigenvalue weighted by Crippen LogP contribution is -2.57. The Labute approximate surface area is 122 Å². The quantitative estimate of drug-likeness (QED) is 0.697. The fourth-order valence-electron chi connectivity index (χ4n) is 3.22. The lowest BCUT2D eigenvalue weighted by Gasteiger charge is -2.36. The van der Waals surface area contributed by atoms with Gasteiger partial charge in [0.15, 0.2) is 11.3 Å². The highest BCUT2D eigenvalue weighted by Gasteiger charge is 2.41. The van der Waals surface area contributed by atoms with Crippen molar-refractivity contribution in [2.75, 3.05) is 13.1 Å². The molecule has 2 aliphatic rings. The number of nitrogens with two attached hydrogens (primary N) is 1. The number of aryl methyl sites for hydroxylation is 1. The van der Waals surface area contributed by atoms with E-state index < -0.39 is 11.5 Å².